The Bertz CT molecular complexity index is 543. The van der Waals surface area contributed by atoms with E-state index < -0.39 is 5.97 Å². The molecular formula is C13H10O3S. The van der Waals surface area contributed by atoms with Crippen LogP contribution in [0.2, 0.25) is 0 Å². The fourth-order valence-electron chi connectivity index (χ4n) is 1.49. The third-order valence-electron chi connectivity index (χ3n) is 2.27. The zero-order chi connectivity index (χ0) is 12.3. The van der Waals surface area contributed by atoms with E-state index in [2.05, 4.69) is 0 Å². The molecule has 4 heteroatoms. The topological polar surface area (TPSA) is 54.4 Å². The third kappa shape index (κ3) is 2.79. The van der Waals surface area contributed by atoms with Crippen molar-refractivity contribution in [3.05, 3.63) is 57.8 Å². The summed E-state index contributed by atoms with van der Waals surface area (Å²) < 4.78 is 0. The van der Waals surface area contributed by atoms with E-state index in [-0.39, 0.29) is 12.2 Å². The molecule has 0 saturated carbocycles. The van der Waals surface area contributed by atoms with Gasteiger partial charge >= 0.3 is 5.97 Å². The number of thiophene rings is 1. The molecule has 0 unspecified atom stereocenters. The van der Waals surface area contributed by atoms with Crippen molar-refractivity contribution in [2.45, 2.75) is 6.42 Å². The number of rotatable bonds is 4. The average molecular weight is 246 g/mol. The highest BCUT2D eigenvalue weighted by molar-refractivity contribution is 7.12. The lowest BCUT2D eigenvalue weighted by molar-refractivity contribution is -0.136. The van der Waals surface area contributed by atoms with Crippen LogP contribution in [-0.2, 0) is 11.2 Å². The third-order valence-corrected chi connectivity index (χ3v) is 3.25. The molecule has 0 spiro atoms. The highest BCUT2D eigenvalue weighted by atomic mass is 32.1. The van der Waals surface area contributed by atoms with Crippen LogP contribution in [0.4, 0.5) is 0 Å². The summed E-state index contributed by atoms with van der Waals surface area (Å²) in [5.74, 6) is -0.950. The summed E-state index contributed by atoms with van der Waals surface area (Å²) in [5.41, 5.74) is 1.29. The van der Waals surface area contributed by atoms with E-state index in [9.17, 15) is 9.59 Å². The minimum Gasteiger partial charge on any atom is -0.481 e. The number of carboxylic acids is 1. The zero-order valence-electron chi connectivity index (χ0n) is 8.92. The highest BCUT2D eigenvalue weighted by Crippen LogP contribution is 2.19. The molecule has 2 rings (SSSR count). The number of hydrogen-bond acceptors (Lipinski definition) is 3. The van der Waals surface area contributed by atoms with Gasteiger partial charge in [-0.25, -0.2) is 0 Å². The lowest BCUT2D eigenvalue weighted by Crippen LogP contribution is -2.00. The van der Waals surface area contributed by atoms with E-state index in [0.717, 1.165) is 0 Å². The van der Waals surface area contributed by atoms with Crippen molar-refractivity contribution in [3.63, 3.8) is 0 Å². The van der Waals surface area contributed by atoms with Crippen molar-refractivity contribution in [2.24, 2.45) is 0 Å². The smallest absolute Gasteiger partial charge is 0.307 e. The lowest BCUT2D eigenvalue weighted by atomic mass is 10.1. The number of benzene rings is 1. The van der Waals surface area contributed by atoms with Gasteiger partial charge in [0.1, 0.15) is 0 Å². The van der Waals surface area contributed by atoms with Crippen LogP contribution in [0.1, 0.15) is 20.8 Å². The molecule has 0 atom stereocenters. The van der Waals surface area contributed by atoms with Crippen LogP contribution < -0.4 is 0 Å². The van der Waals surface area contributed by atoms with Gasteiger partial charge in [-0.2, -0.15) is 0 Å². The minimum absolute atomic E-state index is 0.0431. The Kier molecular flexibility index (Phi) is 3.35. The Morgan fingerprint density at radius 1 is 1.18 bits per heavy atom. The molecule has 0 aliphatic carbocycles. The van der Waals surface area contributed by atoms with Gasteiger partial charge in [-0.3, -0.25) is 9.59 Å². The molecular weight excluding hydrogens is 236 g/mol. The van der Waals surface area contributed by atoms with Gasteiger partial charge in [0.15, 0.2) is 0 Å². The molecule has 0 amide bonds. The molecule has 1 heterocycles. The van der Waals surface area contributed by atoms with Crippen molar-refractivity contribution >= 4 is 23.1 Å². The first kappa shape index (κ1) is 11.5. The van der Waals surface area contributed by atoms with Gasteiger partial charge in [-0.15, -0.1) is 11.3 Å². The number of ketones is 1. The van der Waals surface area contributed by atoms with Crippen molar-refractivity contribution in [1.29, 1.82) is 0 Å². The van der Waals surface area contributed by atoms with Crippen LogP contribution in [0.3, 0.4) is 0 Å². The maximum absolute atomic E-state index is 12.0. The molecule has 0 bridgehead atoms. The molecule has 2 aromatic rings. The zero-order valence-corrected chi connectivity index (χ0v) is 9.74. The second-order valence-electron chi connectivity index (χ2n) is 3.58. The van der Waals surface area contributed by atoms with Gasteiger partial charge in [0.05, 0.1) is 11.3 Å². The summed E-state index contributed by atoms with van der Waals surface area (Å²) in [6, 6.07) is 10.6. The monoisotopic (exact) mass is 246 g/mol. The Hall–Kier alpha value is -1.94. The van der Waals surface area contributed by atoms with Gasteiger partial charge in [0, 0.05) is 5.56 Å². The molecule has 0 saturated heterocycles. The summed E-state index contributed by atoms with van der Waals surface area (Å²) in [4.78, 5) is 23.1. The Morgan fingerprint density at radius 2 is 1.88 bits per heavy atom. The van der Waals surface area contributed by atoms with Crippen molar-refractivity contribution in [1.82, 2.24) is 0 Å². The predicted octanol–water partition coefficient (Wildman–Crippen LogP) is 2.61. The van der Waals surface area contributed by atoms with Crippen molar-refractivity contribution in [2.75, 3.05) is 0 Å². The number of carbonyl (C=O) groups excluding carboxylic acids is 1. The van der Waals surface area contributed by atoms with E-state index in [1.165, 1.54) is 11.3 Å². The Balaban J connectivity index is 2.21. The number of hydrogen-bond donors (Lipinski definition) is 1. The molecule has 0 fully saturated rings. The predicted molar refractivity (Wildman–Crippen MR) is 65.5 cm³/mol. The normalized spacial score (nSPS) is 10.1. The van der Waals surface area contributed by atoms with E-state index in [4.69, 9.17) is 5.11 Å². The van der Waals surface area contributed by atoms with E-state index in [0.29, 0.717) is 16.0 Å². The fraction of sp³-hybridized carbons (Fsp3) is 0.0769. The highest BCUT2D eigenvalue weighted by Gasteiger charge is 2.12. The molecule has 3 nitrogen and oxygen atoms in total. The van der Waals surface area contributed by atoms with Gasteiger partial charge in [-0.1, -0.05) is 30.3 Å². The van der Waals surface area contributed by atoms with Gasteiger partial charge in [-0.05, 0) is 17.0 Å². The van der Waals surface area contributed by atoms with Crippen molar-refractivity contribution in [3.8, 4) is 0 Å². The molecule has 0 radical (unpaired) electrons. The molecule has 0 aliphatic heterocycles. The summed E-state index contributed by atoms with van der Waals surface area (Å²) >= 11 is 1.28. The van der Waals surface area contributed by atoms with Crippen LogP contribution in [0.15, 0.2) is 41.8 Å². The summed E-state index contributed by atoms with van der Waals surface area (Å²) in [5, 5.41) is 10.4. The first-order chi connectivity index (χ1) is 8.16. The second kappa shape index (κ2) is 4.93. The van der Waals surface area contributed by atoms with Crippen LogP contribution in [-0.4, -0.2) is 16.9 Å². The van der Waals surface area contributed by atoms with Gasteiger partial charge in [0.25, 0.3) is 0 Å². The Labute approximate surface area is 102 Å². The maximum atomic E-state index is 12.0. The van der Waals surface area contributed by atoms with Gasteiger partial charge < -0.3 is 5.11 Å². The first-order valence-corrected chi connectivity index (χ1v) is 5.94. The fourth-order valence-corrected chi connectivity index (χ4v) is 2.37. The van der Waals surface area contributed by atoms with Crippen LogP contribution >= 0.6 is 11.3 Å². The Morgan fingerprint density at radius 3 is 2.53 bits per heavy atom. The van der Waals surface area contributed by atoms with E-state index in [1.54, 1.807) is 35.7 Å². The molecule has 17 heavy (non-hydrogen) atoms. The SMILES string of the molecule is O=C(O)Cc1csc(C(=O)c2ccccc2)c1. The van der Waals surface area contributed by atoms with E-state index >= 15 is 0 Å². The standard InChI is InChI=1S/C13H10O3S/c14-12(15)7-9-6-11(17-8-9)13(16)10-4-2-1-3-5-10/h1-6,8H,7H2,(H,14,15). The molecule has 1 N–H and O–H groups in total. The van der Waals surface area contributed by atoms with Crippen LogP contribution in [0, 0.1) is 0 Å². The first-order valence-electron chi connectivity index (χ1n) is 5.06. The summed E-state index contributed by atoms with van der Waals surface area (Å²) in [6.45, 7) is 0. The molecule has 1 aromatic carbocycles. The molecule has 1 aromatic heterocycles. The largest absolute Gasteiger partial charge is 0.481 e. The lowest BCUT2D eigenvalue weighted by Gasteiger charge is -1.96. The average Bonchev–Trinajstić information content (AvgIpc) is 2.77. The van der Waals surface area contributed by atoms with Crippen LogP contribution in [0.25, 0.3) is 0 Å². The molecule has 86 valence electrons. The summed E-state index contributed by atoms with van der Waals surface area (Å²) in [7, 11) is 0. The minimum atomic E-state index is -0.887. The summed E-state index contributed by atoms with van der Waals surface area (Å²) in [6.07, 6.45) is -0.0431. The quantitative estimate of drug-likeness (QED) is 0.844. The maximum Gasteiger partial charge on any atom is 0.307 e. The van der Waals surface area contributed by atoms with Crippen molar-refractivity contribution < 1.29 is 14.7 Å². The number of carboxylic acid groups (broad SMARTS) is 1. The number of carbonyl (C=O) groups is 2. The second-order valence-corrected chi connectivity index (χ2v) is 4.50. The van der Waals surface area contributed by atoms with Crippen LogP contribution in [0.5, 0.6) is 0 Å². The van der Waals surface area contributed by atoms with E-state index in [1.807, 2.05) is 6.07 Å². The number of aliphatic carboxylic acids is 1. The van der Waals surface area contributed by atoms with Gasteiger partial charge in [0.2, 0.25) is 5.78 Å². The molecule has 0 aliphatic rings.